The molecule has 1 aliphatic heterocycles. The van der Waals surface area contributed by atoms with Crippen molar-refractivity contribution in [3.8, 4) is 11.1 Å². The SMILES string of the molecule is O=C(CNN1C(=O)/C(=C/c2cc(-c3ccc(F)c(F)c3)cs2)SC1=S)Nc1ccc(C(=O)O)cc1F. The normalized spacial score (nSPS) is 14.5. The van der Waals surface area contributed by atoms with E-state index >= 15 is 0 Å². The molecule has 1 aliphatic rings. The van der Waals surface area contributed by atoms with Gasteiger partial charge in [-0.15, -0.1) is 11.3 Å². The number of thioether (sulfide) groups is 1. The van der Waals surface area contributed by atoms with Gasteiger partial charge in [0.05, 0.1) is 22.7 Å². The number of hydrazine groups is 1. The van der Waals surface area contributed by atoms with E-state index in [-0.39, 0.29) is 20.5 Å². The molecule has 1 saturated heterocycles. The van der Waals surface area contributed by atoms with E-state index in [1.54, 1.807) is 17.5 Å². The highest BCUT2D eigenvalue weighted by atomic mass is 32.2. The van der Waals surface area contributed by atoms with Crippen molar-refractivity contribution in [2.24, 2.45) is 0 Å². The van der Waals surface area contributed by atoms with Crippen LogP contribution in [0.2, 0.25) is 0 Å². The number of thiophene rings is 1. The Balaban J connectivity index is 1.38. The van der Waals surface area contributed by atoms with Crippen molar-refractivity contribution in [1.29, 1.82) is 0 Å². The molecular formula is C23H14F3N3O4S3. The molecule has 2 heterocycles. The highest BCUT2D eigenvalue weighted by molar-refractivity contribution is 8.26. The molecule has 13 heteroatoms. The molecule has 7 nitrogen and oxygen atoms in total. The lowest BCUT2D eigenvalue weighted by Gasteiger charge is -2.15. The van der Waals surface area contributed by atoms with Crippen molar-refractivity contribution in [1.82, 2.24) is 10.4 Å². The van der Waals surface area contributed by atoms with Crippen molar-refractivity contribution in [3.63, 3.8) is 0 Å². The third-order valence-electron chi connectivity index (χ3n) is 4.83. The summed E-state index contributed by atoms with van der Waals surface area (Å²) in [7, 11) is 0. The Labute approximate surface area is 215 Å². The van der Waals surface area contributed by atoms with Gasteiger partial charge in [-0.25, -0.2) is 28.4 Å². The Bertz CT molecular complexity index is 1440. The molecule has 0 bridgehead atoms. The van der Waals surface area contributed by atoms with E-state index in [1.165, 1.54) is 17.4 Å². The smallest absolute Gasteiger partial charge is 0.335 e. The Morgan fingerprint density at radius 3 is 2.50 bits per heavy atom. The molecule has 0 radical (unpaired) electrons. The van der Waals surface area contributed by atoms with Crippen molar-refractivity contribution in [2.45, 2.75) is 0 Å². The first-order chi connectivity index (χ1) is 17.1. The zero-order chi connectivity index (χ0) is 26.0. The summed E-state index contributed by atoms with van der Waals surface area (Å²) in [6.45, 7) is -0.418. The number of anilines is 1. The molecule has 1 fully saturated rings. The van der Waals surface area contributed by atoms with Gasteiger partial charge in [-0.05, 0) is 59.0 Å². The number of benzene rings is 2. The molecule has 4 rings (SSSR count). The summed E-state index contributed by atoms with van der Waals surface area (Å²) in [4.78, 5) is 36.8. The molecule has 0 saturated carbocycles. The van der Waals surface area contributed by atoms with Crippen LogP contribution in [-0.2, 0) is 9.59 Å². The molecular weight excluding hydrogens is 535 g/mol. The second kappa shape index (κ2) is 10.6. The Hall–Kier alpha value is -3.52. The Kier molecular flexibility index (Phi) is 7.54. The molecule has 1 aromatic heterocycles. The monoisotopic (exact) mass is 549 g/mol. The number of carbonyl (C=O) groups is 3. The number of carboxylic acid groups (broad SMARTS) is 1. The third kappa shape index (κ3) is 5.65. The predicted octanol–water partition coefficient (Wildman–Crippen LogP) is 4.88. The molecule has 2 aromatic carbocycles. The van der Waals surface area contributed by atoms with E-state index in [0.29, 0.717) is 16.0 Å². The molecule has 0 unspecified atom stereocenters. The van der Waals surface area contributed by atoms with Gasteiger partial charge in [0.2, 0.25) is 5.91 Å². The van der Waals surface area contributed by atoms with Crippen LogP contribution in [0.4, 0.5) is 18.9 Å². The van der Waals surface area contributed by atoms with Crippen LogP contribution in [0.3, 0.4) is 0 Å². The number of nitrogens with zero attached hydrogens (tertiary/aromatic N) is 1. The number of hydrogen-bond donors (Lipinski definition) is 3. The van der Waals surface area contributed by atoms with Crippen LogP contribution in [-0.4, -0.2) is 38.8 Å². The summed E-state index contributed by atoms with van der Waals surface area (Å²) in [5.41, 5.74) is 3.24. The van der Waals surface area contributed by atoms with Gasteiger partial charge in [-0.2, -0.15) is 0 Å². The lowest BCUT2D eigenvalue weighted by atomic mass is 10.1. The van der Waals surface area contributed by atoms with Crippen LogP contribution in [0.15, 0.2) is 52.7 Å². The van der Waals surface area contributed by atoms with Gasteiger partial charge < -0.3 is 10.4 Å². The number of carboxylic acids is 1. The molecule has 3 aromatic rings. The zero-order valence-electron chi connectivity index (χ0n) is 17.9. The van der Waals surface area contributed by atoms with Crippen LogP contribution in [0.1, 0.15) is 15.2 Å². The second-order valence-electron chi connectivity index (χ2n) is 7.27. The van der Waals surface area contributed by atoms with Crippen molar-refractivity contribution in [3.05, 3.63) is 80.6 Å². The standard InChI is InChI=1S/C23H14F3N3O4S3/c24-15-3-1-11(6-16(15)25)13-5-14(35-10-13)8-19-21(31)29(23(34)36-19)27-9-20(30)28-18-4-2-12(22(32)33)7-17(18)26/h1-8,10,27H,9H2,(H,28,30)(H,32,33)/b19-8-. The topological polar surface area (TPSA) is 98.7 Å². The fourth-order valence-corrected chi connectivity index (χ4v) is 5.21. The van der Waals surface area contributed by atoms with Crippen LogP contribution in [0.25, 0.3) is 17.2 Å². The predicted molar refractivity (Wildman–Crippen MR) is 135 cm³/mol. The lowest BCUT2D eigenvalue weighted by molar-refractivity contribution is -0.124. The maximum atomic E-state index is 14.0. The maximum absolute atomic E-state index is 14.0. The molecule has 0 atom stereocenters. The molecule has 36 heavy (non-hydrogen) atoms. The van der Waals surface area contributed by atoms with E-state index in [4.69, 9.17) is 17.3 Å². The number of aromatic carboxylic acids is 1. The minimum atomic E-state index is -1.31. The molecule has 3 N–H and O–H groups in total. The highest BCUT2D eigenvalue weighted by Gasteiger charge is 2.32. The first kappa shape index (κ1) is 25.6. The van der Waals surface area contributed by atoms with E-state index < -0.39 is 41.8 Å². The summed E-state index contributed by atoms with van der Waals surface area (Å²) < 4.78 is 40.9. The van der Waals surface area contributed by atoms with Gasteiger partial charge in [-0.3, -0.25) is 9.59 Å². The molecule has 2 amide bonds. The van der Waals surface area contributed by atoms with Gasteiger partial charge >= 0.3 is 5.97 Å². The van der Waals surface area contributed by atoms with Crippen molar-refractivity contribution < 1.29 is 32.7 Å². The van der Waals surface area contributed by atoms with Crippen LogP contribution >= 0.6 is 35.3 Å². The molecule has 184 valence electrons. The zero-order valence-corrected chi connectivity index (χ0v) is 20.3. The molecule has 0 aliphatic carbocycles. The number of thiocarbonyl (C=S) groups is 1. The fraction of sp³-hybridized carbons (Fsp3) is 0.0435. The first-order valence-corrected chi connectivity index (χ1v) is 12.1. The van der Waals surface area contributed by atoms with Gasteiger partial charge in [0.25, 0.3) is 5.91 Å². The largest absolute Gasteiger partial charge is 0.478 e. The van der Waals surface area contributed by atoms with Crippen LogP contribution < -0.4 is 10.7 Å². The Morgan fingerprint density at radius 1 is 1.03 bits per heavy atom. The van der Waals surface area contributed by atoms with E-state index in [2.05, 4.69) is 10.7 Å². The van der Waals surface area contributed by atoms with E-state index in [1.807, 2.05) is 0 Å². The summed E-state index contributed by atoms with van der Waals surface area (Å²) >= 11 is 7.50. The van der Waals surface area contributed by atoms with Crippen molar-refractivity contribution >= 4 is 69.2 Å². The summed E-state index contributed by atoms with van der Waals surface area (Å²) in [5, 5.41) is 13.9. The number of amides is 2. The minimum Gasteiger partial charge on any atom is -0.478 e. The number of carbonyl (C=O) groups excluding carboxylic acids is 2. The van der Waals surface area contributed by atoms with E-state index in [0.717, 1.165) is 47.1 Å². The summed E-state index contributed by atoms with van der Waals surface area (Å²) in [6, 6.07) is 8.33. The average Bonchev–Trinajstić information content (AvgIpc) is 3.40. The lowest BCUT2D eigenvalue weighted by Crippen LogP contribution is -2.45. The van der Waals surface area contributed by atoms with Gasteiger partial charge in [0.15, 0.2) is 16.0 Å². The van der Waals surface area contributed by atoms with Crippen LogP contribution in [0.5, 0.6) is 0 Å². The molecule has 0 spiro atoms. The number of hydrogen-bond acceptors (Lipinski definition) is 7. The van der Waals surface area contributed by atoms with Gasteiger partial charge in [-0.1, -0.05) is 30.0 Å². The van der Waals surface area contributed by atoms with E-state index in [9.17, 15) is 27.6 Å². The summed E-state index contributed by atoms with van der Waals surface area (Å²) in [5.74, 6) is -5.33. The Morgan fingerprint density at radius 2 is 1.81 bits per heavy atom. The number of halogens is 3. The quantitative estimate of drug-likeness (QED) is 0.286. The van der Waals surface area contributed by atoms with Gasteiger partial charge in [0, 0.05) is 4.88 Å². The van der Waals surface area contributed by atoms with Crippen LogP contribution in [0, 0.1) is 17.5 Å². The highest BCUT2D eigenvalue weighted by Crippen LogP contribution is 2.34. The minimum absolute atomic E-state index is 0.147. The maximum Gasteiger partial charge on any atom is 0.335 e. The summed E-state index contributed by atoms with van der Waals surface area (Å²) in [6.07, 6.45) is 1.59. The van der Waals surface area contributed by atoms with Crippen molar-refractivity contribution in [2.75, 3.05) is 11.9 Å². The number of rotatable bonds is 7. The first-order valence-electron chi connectivity index (χ1n) is 10.0. The number of nitrogens with one attached hydrogen (secondary N) is 2. The third-order valence-corrected chi connectivity index (χ3v) is 7.01. The van der Waals surface area contributed by atoms with Gasteiger partial charge in [0.1, 0.15) is 5.82 Å². The fourth-order valence-electron chi connectivity index (χ4n) is 3.08. The average molecular weight is 550 g/mol. The second-order valence-corrected chi connectivity index (χ2v) is 9.89.